The molecule has 0 saturated heterocycles. The molecule has 92 valence electrons. The number of nitrogen functional groups attached to an aromatic ring is 1. The first-order chi connectivity index (χ1) is 7.95. The van der Waals surface area contributed by atoms with Gasteiger partial charge < -0.3 is 15.8 Å². The molecule has 1 amide bonds. The Morgan fingerprint density at radius 2 is 2.06 bits per heavy atom. The highest BCUT2D eigenvalue weighted by Gasteiger charge is 2.16. The molecule has 0 aliphatic heterocycles. The molecule has 0 aliphatic rings. The van der Waals surface area contributed by atoms with Gasteiger partial charge in [0.15, 0.2) is 6.61 Å². The number of ether oxygens (including phenoxy) is 1. The minimum absolute atomic E-state index is 0.0283. The quantitative estimate of drug-likeness (QED) is 0.647. The Labute approximate surface area is 108 Å². The summed E-state index contributed by atoms with van der Waals surface area (Å²) in [6.45, 7) is -0.391. The molecule has 5 nitrogen and oxygen atoms in total. The number of halogens is 2. The molecule has 1 rings (SSSR count). The van der Waals surface area contributed by atoms with Crippen LogP contribution in [0.15, 0.2) is 12.1 Å². The molecule has 3 N–H and O–H groups in total. The number of likely N-dealkylation sites (N-methyl/N-ethyl adjacent to an activating group) is 1. The van der Waals surface area contributed by atoms with Crippen molar-refractivity contribution in [2.24, 2.45) is 0 Å². The molecule has 0 atom stereocenters. The number of esters is 1. The average Bonchev–Trinajstić information content (AvgIpc) is 2.30. The SMILES string of the molecule is CNC(=O)COC(=O)c1cc(N)cc(Cl)c1Cl. The Hall–Kier alpha value is -1.46. The first-order valence-electron chi connectivity index (χ1n) is 4.58. The van der Waals surface area contributed by atoms with Gasteiger partial charge in [-0.2, -0.15) is 0 Å². The van der Waals surface area contributed by atoms with Gasteiger partial charge in [0.2, 0.25) is 0 Å². The molecule has 0 aliphatic carbocycles. The van der Waals surface area contributed by atoms with Crippen LogP contribution >= 0.6 is 23.2 Å². The highest BCUT2D eigenvalue weighted by molar-refractivity contribution is 6.44. The van der Waals surface area contributed by atoms with Gasteiger partial charge in [-0.3, -0.25) is 4.79 Å². The van der Waals surface area contributed by atoms with Crippen molar-refractivity contribution in [3.8, 4) is 0 Å². The molecular weight excluding hydrogens is 267 g/mol. The van der Waals surface area contributed by atoms with Gasteiger partial charge in [0, 0.05) is 12.7 Å². The Morgan fingerprint density at radius 1 is 1.41 bits per heavy atom. The lowest BCUT2D eigenvalue weighted by atomic mass is 10.2. The van der Waals surface area contributed by atoms with Gasteiger partial charge in [-0.1, -0.05) is 23.2 Å². The summed E-state index contributed by atoms with van der Waals surface area (Å²) in [7, 11) is 1.43. The minimum atomic E-state index is -0.757. The van der Waals surface area contributed by atoms with E-state index >= 15 is 0 Å². The van der Waals surface area contributed by atoms with Crippen molar-refractivity contribution in [2.75, 3.05) is 19.4 Å². The molecule has 0 bridgehead atoms. The Morgan fingerprint density at radius 3 is 2.65 bits per heavy atom. The van der Waals surface area contributed by atoms with E-state index in [1.165, 1.54) is 19.2 Å². The first kappa shape index (κ1) is 13.6. The molecule has 0 fully saturated rings. The van der Waals surface area contributed by atoms with E-state index in [2.05, 4.69) is 5.32 Å². The summed E-state index contributed by atoms with van der Waals surface area (Å²) in [5, 5.41) is 2.50. The number of amides is 1. The smallest absolute Gasteiger partial charge is 0.340 e. The largest absolute Gasteiger partial charge is 0.452 e. The fourth-order valence-corrected chi connectivity index (χ4v) is 1.45. The van der Waals surface area contributed by atoms with E-state index in [0.29, 0.717) is 0 Å². The van der Waals surface area contributed by atoms with Crippen molar-refractivity contribution < 1.29 is 14.3 Å². The fraction of sp³-hybridized carbons (Fsp3) is 0.200. The first-order valence-corrected chi connectivity index (χ1v) is 5.33. The summed E-state index contributed by atoms with van der Waals surface area (Å²) in [6, 6.07) is 2.75. The van der Waals surface area contributed by atoms with Crippen LogP contribution in [-0.4, -0.2) is 25.5 Å². The van der Waals surface area contributed by atoms with Gasteiger partial charge in [-0.05, 0) is 12.1 Å². The maximum Gasteiger partial charge on any atom is 0.340 e. The third kappa shape index (κ3) is 3.51. The monoisotopic (exact) mass is 276 g/mol. The van der Waals surface area contributed by atoms with Crippen molar-refractivity contribution in [1.82, 2.24) is 5.32 Å². The zero-order valence-corrected chi connectivity index (χ0v) is 10.4. The van der Waals surface area contributed by atoms with Crippen LogP contribution in [0.5, 0.6) is 0 Å². The Kier molecular flexibility index (Phi) is 4.60. The lowest BCUT2D eigenvalue weighted by Crippen LogP contribution is -2.25. The normalized spacial score (nSPS) is 9.82. The number of rotatable bonds is 3. The van der Waals surface area contributed by atoms with Crippen LogP contribution in [0.2, 0.25) is 10.0 Å². The maximum atomic E-state index is 11.6. The molecule has 0 radical (unpaired) electrons. The Balaban J connectivity index is 2.86. The van der Waals surface area contributed by atoms with E-state index in [4.69, 9.17) is 33.7 Å². The standard InChI is InChI=1S/C10H10Cl2N2O3/c1-14-8(15)4-17-10(16)6-2-5(13)3-7(11)9(6)12/h2-3H,4,13H2,1H3,(H,14,15). The summed E-state index contributed by atoms with van der Waals surface area (Å²) >= 11 is 11.6. The summed E-state index contributed by atoms with van der Waals surface area (Å²) < 4.78 is 4.72. The molecule has 0 heterocycles. The molecular formula is C10H10Cl2N2O3. The number of nitrogens with two attached hydrogens (primary N) is 1. The van der Waals surface area contributed by atoms with Crippen LogP contribution in [0.25, 0.3) is 0 Å². The van der Waals surface area contributed by atoms with Gasteiger partial charge in [0.1, 0.15) is 0 Å². The number of nitrogens with one attached hydrogen (secondary N) is 1. The summed E-state index contributed by atoms with van der Waals surface area (Å²) in [5.41, 5.74) is 5.83. The van der Waals surface area contributed by atoms with E-state index < -0.39 is 18.5 Å². The molecule has 0 spiro atoms. The van der Waals surface area contributed by atoms with Crippen molar-refractivity contribution in [3.05, 3.63) is 27.7 Å². The van der Waals surface area contributed by atoms with Crippen molar-refractivity contribution in [2.45, 2.75) is 0 Å². The summed E-state index contributed by atoms with van der Waals surface area (Å²) in [6.07, 6.45) is 0. The molecule has 0 saturated carbocycles. The van der Waals surface area contributed by atoms with Crippen molar-refractivity contribution in [3.63, 3.8) is 0 Å². The highest BCUT2D eigenvalue weighted by Crippen LogP contribution is 2.29. The third-order valence-corrected chi connectivity index (χ3v) is 2.69. The molecule has 7 heteroatoms. The lowest BCUT2D eigenvalue weighted by Gasteiger charge is -2.07. The number of carbonyl (C=O) groups excluding carboxylic acids is 2. The van der Waals surface area contributed by atoms with E-state index in [1.54, 1.807) is 0 Å². The minimum Gasteiger partial charge on any atom is -0.452 e. The predicted molar refractivity (Wildman–Crippen MR) is 65.2 cm³/mol. The summed E-state index contributed by atoms with van der Waals surface area (Å²) in [4.78, 5) is 22.5. The second kappa shape index (κ2) is 5.75. The third-order valence-electron chi connectivity index (χ3n) is 1.88. The second-order valence-corrected chi connectivity index (χ2v) is 3.90. The number of anilines is 1. The molecule has 1 aromatic carbocycles. The summed E-state index contributed by atoms with van der Waals surface area (Å²) in [5.74, 6) is -1.18. The molecule has 0 aromatic heterocycles. The van der Waals surface area contributed by atoms with E-state index in [-0.39, 0.29) is 21.3 Å². The molecule has 17 heavy (non-hydrogen) atoms. The zero-order chi connectivity index (χ0) is 13.0. The van der Waals surface area contributed by atoms with Gasteiger partial charge in [-0.15, -0.1) is 0 Å². The van der Waals surface area contributed by atoms with Crippen molar-refractivity contribution >= 4 is 40.8 Å². The van der Waals surface area contributed by atoms with Gasteiger partial charge in [0.05, 0.1) is 15.6 Å². The second-order valence-electron chi connectivity index (χ2n) is 3.11. The number of hydrogen-bond acceptors (Lipinski definition) is 4. The van der Waals surface area contributed by atoms with Gasteiger partial charge >= 0.3 is 5.97 Å². The van der Waals surface area contributed by atoms with Crippen LogP contribution in [-0.2, 0) is 9.53 Å². The van der Waals surface area contributed by atoms with Crippen molar-refractivity contribution in [1.29, 1.82) is 0 Å². The number of hydrogen-bond donors (Lipinski definition) is 2. The van der Waals surface area contributed by atoms with E-state index in [1.807, 2.05) is 0 Å². The zero-order valence-electron chi connectivity index (χ0n) is 8.92. The van der Waals surface area contributed by atoms with E-state index in [0.717, 1.165) is 0 Å². The fourth-order valence-electron chi connectivity index (χ4n) is 1.04. The highest BCUT2D eigenvalue weighted by atomic mass is 35.5. The average molecular weight is 277 g/mol. The number of benzene rings is 1. The lowest BCUT2D eigenvalue weighted by molar-refractivity contribution is -0.123. The topological polar surface area (TPSA) is 81.4 Å². The van der Waals surface area contributed by atoms with Crippen LogP contribution < -0.4 is 11.1 Å². The maximum absolute atomic E-state index is 11.6. The van der Waals surface area contributed by atoms with Gasteiger partial charge in [-0.25, -0.2) is 4.79 Å². The van der Waals surface area contributed by atoms with E-state index in [9.17, 15) is 9.59 Å². The van der Waals surface area contributed by atoms with Crippen LogP contribution in [0.1, 0.15) is 10.4 Å². The van der Waals surface area contributed by atoms with Crippen LogP contribution in [0, 0.1) is 0 Å². The number of carbonyl (C=O) groups is 2. The molecule has 1 aromatic rings. The molecule has 0 unspecified atom stereocenters. The Bertz CT molecular complexity index is 463. The predicted octanol–water partition coefficient (Wildman–Crippen LogP) is 1.48. The van der Waals surface area contributed by atoms with Crippen LogP contribution in [0.3, 0.4) is 0 Å². The van der Waals surface area contributed by atoms with Crippen LogP contribution in [0.4, 0.5) is 5.69 Å². The van der Waals surface area contributed by atoms with Gasteiger partial charge in [0.25, 0.3) is 5.91 Å².